The fraction of sp³-hybridized carbons (Fsp3) is 0.318. The monoisotopic (exact) mass is 405 g/mol. The van der Waals surface area contributed by atoms with Crippen LogP contribution < -0.4 is 5.32 Å². The fourth-order valence-electron chi connectivity index (χ4n) is 3.55. The Bertz CT molecular complexity index is 969. The lowest BCUT2D eigenvalue weighted by molar-refractivity contribution is 0.0883. The van der Waals surface area contributed by atoms with E-state index in [1.54, 1.807) is 29.7 Å². The summed E-state index contributed by atoms with van der Waals surface area (Å²) in [6, 6.07) is 16.1. The second kappa shape index (κ2) is 9.61. The van der Waals surface area contributed by atoms with E-state index in [2.05, 4.69) is 38.8 Å². The SMILES string of the molecule is N#Cc1ccnc(Nc2nc([C@H]3CCCN3CCOCc3ccccc3)cs2)c1. The molecule has 0 spiro atoms. The molecule has 1 fully saturated rings. The maximum Gasteiger partial charge on any atom is 0.188 e. The van der Waals surface area contributed by atoms with Gasteiger partial charge in [0.25, 0.3) is 0 Å². The van der Waals surface area contributed by atoms with Crippen LogP contribution in [0.4, 0.5) is 10.9 Å². The predicted octanol–water partition coefficient (Wildman–Crippen LogP) is 4.51. The molecule has 29 heavy (non-hydrogen) atoms. The average Bonchev–Trinajstić information content (AvgIpc) is 3.41. The zero-order chi connectivity index (χ0) is 19.9. The maximum atomic E-state index is 9.02. The van der Waals surface area contributed by atoms with E-state index in [1.807, 2.05) is 18.2 Å². The van der Waals surface area contributed by atoms with Gasteiger partial charge >= 0.3 is 0 Å². The smallest absolute Gasteiger partial charge is 0.188 e. The molecule has 2 aromatic heterocycles. The Kier molecular flexibility index (Phi) is 6.47. The molecule has 7 heteroatoms. The van der Waals surface area contributed by atoms with Crippen molar-refractivity contribution in [2.45, 2.75) is 25.5 Å². The molecule has 1 N–H and O–H groups in total. The molecule has 0 aliphatic carbocycles. The molecule has 0 radical (unpaired) electrons. The lowest BCUT2D eigenvalue weighted by Gasteiger charge is -2.22. The quantitative estimate of drug-likeness (QED) is 0.556. The summed E-state index contributed by atoms with van der Waals surface area (Å²) in [6.45, 7) is 3.35. The first-order valence-corrected chi connectivity index (χ1v) is 10.6. The van der Waals surface area contributed by atoms with E-state index in [0.717, 1.165) is 30.3 Å². The Balaban J connectivity index is 1.31. The summed E-state index contributed by atoms with van der Waals surface area (Å²) in [7, 11) is 0. The molecule has 1 aromatic carbocycles. The summed E-state index contributed by atoms with van der Waals surface area (Å²) in [6.07, 6.45) is 3.92. The number of hydrogen-bond acceptors (Lipinski definition) is 7. The molecule has 3 heterocycles. The van der Waals surface area contributed by atoms with Gasteiger partial charge < -0.3 is 10.1 Å². The highest BCUT2D eigenvalue weighted by atomic mass is 32.1. The molecule has 6 nitrogen and oxygen atoms in total. The second-order valence-corrected chi connectivity index (χ2v) is 7.83. The van der Waals surface area contributed by atoms with Crippen molar-refractivity contribution in [1.82, 2.24) is 14.9 Å². The molecule has 3 aromatic rings. The highest BCUT2D eigenvalue weighted by Crippen LogP contribution is 2.33. The van der Waals surface area contributed by atoms with Gasteiger partial charge in [-0.25, -0.2) is 9.97 Å². The molecule has 1 aliphatic rings. The first-order valence-electron chi connectivity index (χ1n) is 9.76. The summed E-state index contributed by atoms with van der Waals surface area (Å²) in [5, 5.41) is 15.1. The van der Waals surface area contributed by atoms with Gasteiger partial charge in [0.1, 0.15) is 5.82 Å². The van der Waals surface area contributed by atoms with Crippen LogP contribution in [0, 0.1) is 11.3 Å². The lowest BCUT2D eigenvalue weighted by atomic mass is 10.2. The Morgan fingerprint density at radius 1 is 1.28 bits per heavy atom. The summed E-state index contributed by atoms with van der Waals surface area (Å²) in [5.74, 6) is 0.641. The summed E-state index contributed by atoms with van der Waals surface area (Å²) in [4.78, 5) is 11.5. The van der Waals surface area contributed by atoms with E-state index < -0.39 is 0 Å². The minimum absolute atomic E-state index is 0.334. The largest absolute Gasteiger partial charge is 0.375 e. The molecule has 4 rings (SSSR count). The van der Waals surface area contributed by atoms with Gasteiger partial charge in [0.15, 0.2) is 5.13 Å². The molecular weight excluding hydrogens is 382 g/mol. The minimum atomic E-state index is 0.334. The highest BCUT2D eigenvalue weighted by Gasteiger charge is 2.27. The van der Waals surface area contributed by atoms with Crippen LogP contribution in [-0.4, -0.2) is 34.6 Å². The van der Waals surface area contributed by atoms with Crippen LogP contribution >= 0.6 is 11.3 Å². The van der Waals surface area contributed by atoms with Crippen LogP contribution in [0.5, 0.6) is 0 Å². The highest BCUT2D eigenvalue weighted by molar-refractivity contribution is 7.13. The molecule has 0 bridgehead atoms. The molecule has 0 amide bonds. The number of benzene rings is 1. The Hall–Kier alpha value is -2.79. The second-order valence-electron chi connectivity index (χ2n) is 6.98. The molecule has 1 aliphatic heterocycles. The molecule has 148 valence electrons. The first kappa shape index (κ1) is 19.5. The van der Waals surface area contributed by atoms with Gasteiger partial charge in [-0.2, -0.15) is 5.26 Å². The zero-order valence-electron chi connectivity index (χ0n) is 16.1. The van der Waals surface area contributed by atoms with E-state index in [4.69, 9.17) is 15.0 Å². The third-order valence-electron chi connectivity index (χ3n) is 4.99. The summed E-state index contributed by atoms with van der Waals surface area (Å²) in [5.41, 5.74) is 2.88. The summed E-state index contributed by atoms with van der Waals surface area (Å²) >= 11 is 1.57. The van der Waals surface area contributed by atoms with E-state index in [0.29, 0.717) is 30.6 Å². The molecule has 0 saturated carbocycles. The van der Waals surface area contributed by atoms with Gasteiger partial charge in [0.05, 0.1) is 36.6 Å². The lowest BCUT2D eigenvalue weighted by Crippen LogP contribution is -2.27. The van der Waals surface area contributed by atoms with E-state index >= 15 is 0 Å². The number of nitrogens with zero attached hydrogens (tertiary/aromatic N) is 4. The zero-order valence-corrected chi connectivity index (χ0v) is 16.9. The van der Waals surface area contributed by atoms with Crippen molar-refractivity contribution in [2.75, 3.05) is 25.0 Å². The summed E-state index contributed by atoms with van der Waals surface area (Å²) < 4.78 is 5.87. The van der Waals surface area contributed by atoms with Crippen molar-refractivity contribution in [3.8, 4) is 6.07 Å². The first-order chi connectivity index (χ1) is 14.3. The van der Waals surface area contributed by atoms with Gasteiger partial charge in [-0.1, -0.05) is 30.3 Å². The number of anilines is 2. The predicted molar refractivity (Wildman–Crippen MR) is 114 cm³/mol. The van der Waals surface area contributed by atoms with Crippen LogP contribution in [0.15, 0.2) is 54.0 Å². The number of thiazole rings is 1. The number of nitrogens with one attached hydrogen (secondary N) is 1. The van der Waals surface area contributed by atoms with Crippen molar-refractivity contribution in [3.05, 3.63) is 70.9 Å². The van der Waals surface area contributed by atoms with Crippen LogP contribution in [0.2, 0.25) is 0 Å². The number of nitriles is 1. The number of ether oxygens (including phenoxy) is 1. The number of hydrogen-bond donors (Lipinski definition) is 1. The van der Waals surface area contributed by atoms with E-state index in [1.165, 1.54) is 12.0 Å². The number of likely N-dealkylation sites (tertiary alicyclic amines) is 1. The Labute approximate surface area is 174 Å². The van der Waals surface area contributed by atoms with Crippen molar-refractivity contribution < 1.29 is 4.74 Å². The van der Waals surface area contributed by atoms with Crippen LogP contribution in [0.25, 0.3) is 0 Å². The van der Waals surface area contributed by atoms with Crippen molar-refractivity contribution in [2.24, 2.45) is 0 Å². The number of aromatic nitrogens is 2. The van der Waals surface area contributed by atoms with Gasteiger partial charge in [0, 0.05) is 18.1 Å². The maximum absolute atomic E-state index is 9.02. The normalized spacial score (nSPS) is 16.6. The van der Waals surface area contributed by atoms with Crippen molar-refractivity contribution >= 4 is 22.3 Å². The molecule has 1 saturated heterocycles. The minimum Gasteiger partial charge on any atom is -0.375 e. The van der Waals surface area contributed by atoms with Crippen molar-refractivity contribution in [1.29, 1.82) is 5.26 Å². The van der Waals surface area contributed by atoms with Gasteiger partial charge in [-0.05, 0) is 37.1 Å². The Morgan fingerprint density at radius 2 is 2.17 bits per heavy atom. The van der Waals surface area contributed by atoms with Crippen molar-refractivity contribution in [3.63, 3.8) is 0 Å². The van der Waals surface area contributed by atoms with Crippen LogP contribution in [0.3, 0.4) is 0 Å². The number of pyridine rings is 1. The number of rotatable bonds is 8. The fourth-order valence-corrected chi connectivity index (χ4v) is 4.31. The van der Waals surface area contributed by atoms with Crippen LogP contribution in [0.1, 0.15) is 35.7 Å². The third kappa shape index (κ3) is 5.18. The standard InChI is InChI=1S/C22H23N5OS/c23-14-18-8-9-24-21(13-18)26-22-25-19(16-29-22)20-7-4-10-27(20)11-12-28-15-17-5-2-1-3-6-17/h1-3,5-6,8-9,13,16,20H,4,7,10-12,15H2,(H,24,25,26)/t20-/m1/s1. The van der Waals surface area contributed by atoms with E-state index in [9.17, 15) is 0 Å². The topological polar surface area (TPSA) is 74.1 Å². The third-order valence-corrected chi connectivity index (χ3v) is 5.76. The van der Waals surface area contributed by atoms with Gasteiger partial charge in [-0.15, -0.1) is 11.3 Å². The van der Waals surface area contributed by atoms with E-state index in [-0.39, 0.29) is 0 Å². The average molecular weight is 406 g/mol. The Morgan fingerprint density at radius 3 is 3.03 bits per heavy atom. The molecular formula is C22H23N5OS. The van der Waals surface area contributed by atoms with Gasteiger partial charge in [0.2, 0.25) is 0 Å². The molecule has 0 unspecified atom stereocenters. The van der Waals surface area contributed by atoms with Crippen LogP contribution in [-0.2, 0) is 11.3 Å². The molecule has 1 atom stereocenters. The van der Waals surface area contributed by atoms with Gasteiger partial charge in [-0.3, -0.25) is 4.90 Å².